The van der Waals surface area contributed by atoms with Crippen LogP contribution >= 0.6 is 0 Å². The molecule has 0 aromatic carbocycles. The lowest BCUT2D eigenvalue weighted by molar-refractivity contribution is -0.147. The number of hydrogen-bond acceptors (Lipinski definition) is 4. The normalized spacial score (nSPS) is 23.5. The highest BCUT2D eigenvalue weighted by atomic mass is 16.4. The number of carboxylic acids is 1. The number of carbonyl (C=O) groups is 2. The molecule has 7 nitrogen and oxygen atoms in total. The monoisotopic (exact) mass is 332 g/mol. The quantitative estimate of drug-likeness (QED) is 0.876. The second kappa shape index (κ2) is 6.67. The Balaban J connectivity index is 1.50. The van der Waals surface area contributed by atoms with Crippen LogP contribution in [0.3, 0.4) is 0 Å². The summed E-state index contributed by atoms with van der Waals surface area (Å²) in [6.45, 7) is 4.91. The van der Waals surface area contributed by atoms with E-state index in [1.165, 1.54) is 12.8 Å². The number of nitrogens with one attached hydrogen (secondary N) is 1. The fraction of sp³-hybridized carbons (Fsp3) is 0.588. The average Bonchev–Trinajstić information content (AvgIpc) is 3.23. The molecular weight excluding hydrogens is 308 g/mol. The van der Waals surface area contributed by atoms with Gasteiger partial charge in [-0.2, -0.15) is 0 Å². The summed E-state index contributed by atoms with van der Waals surface area (Å²) in [6, 6.07) is 3.75. The van der Waals surface area contributed by atoms with Crippen LogP contribution in [-0.2, 0) is 11.3 Å². The molecule has 2 saturated heterocycles. The number of pyridine rings is 1. The Kier molecular flexibility index (Phi) is 4.59. The van der Waals surface area contributed by atoms with E-state index in [1.807, 2.05) is 12.1 Å². The van der Waals surface area contributed by atoms with Crippen LogP contribution in [0.2, 0.25) is 0 Å². The Labute approximate surface area is 141 Å². The van der Waals surface area contributed by atoms with Crippen LogP contribution in [-0.4, -0.2) is 53.2 Å². The molecule has 0 saturated carbocycles. The van der Waals surface area contributed by atoms with E-state index < -0.39 is 11.4 Å². The molecular formula is C17H24N4O3. The summed E-state index contributed by atoms with van der Waals surface area (Å²) in [5.41, 5.74) is 0.0995. The van der Waals surface area contributed by atoms with Crippen molar-refractivity contribution in [1.82, 2.24) is 15.2 Å². The molecule has 0 radical (unpaired) electrons. The average molecular weight is 332 g/mol. The van der Waals surface area contributed by atoms with Crippen LogP contribution in [0, 0.1) is 5.41 Å². The van der Waals surface area contributed by atoms with Gasteiger partial charge in [0.15, 0.2) is 0 Å². The molecule has 1 unspecified atom stereocenters. The number of nitrogens with zero attached hydrogens (tertiary/aromatic N) is 3. The van der Waals surface area contributed by atoms with E-state index >= 15 is 0 Å². The van der Waals surface area contributed by atoms with Gasteiger partial charge in [0.1, 0.15) is 5.82 Å². The van der Waals surface area contributed by atoms with Crippen molar-refractivity contribution in [3.8, 4) is 0 Å². The number of carboxylic acid groups (broad SMARTS) is 1. The van der Waals surface area contributed by atoms with Gasteiger partial charge in [0.2, 0.25) is 0 Å². The molecule has 2 N–H and O–H groups in total. The zero-order valence-corrected chi connectivity index (χ0v) is 14.0. The topological polar surface area (TPSA) is 85.8 Å². The van der Waals surface area contributed by atoms with Crippen molar-refractivity contribution >= 4 is 17.8 Å². The molecule has 2 fully saturated rings. The van der Waals surface area contributed by atoms with Crippen LogP contribution in [0.5, 0.6) is 0 Å². The number of aliphatic carboxylic acids is 1. The van der Waals surface area contributed by atoms with Crippen molar-refractivity contribution in [2.45, 2.75) is 32.7 Å². The number of likely N-dealkylation sites (tertiary alicyclic amines) is 1. The van der Waals surface area contributed by atoms with Crippen molar-refractivity contribution in [1.29, 1.82) is 0 Å². The predicted octanol–water partition coefficient (Wildman–Crippen LogP) is 1.69. The standard InChI is InChI=1S/C17H24N4O3/c1-17(15(22)23)6-9-21(12-17)16(24)19-11-13-4-5-14(18-10-13)20-7-2-3-8-20/h4-5,10H,2-3,6-9,11-12H2,1H3,(H,19,24)(H,22,23). The van der Waals surface area contributed by atoms with Gasteiger partial charge in [-0.15, -0.1) is 0 Å². The Morgan fingerprint density at radius 3 is 2.62 bits per heavy atom. The number of rotatable bonds is 4. The third-order valence-electron chi connectivity index (χ3n) is 4.96. The minimum atomic E-state index is -0.848. The first kappa shape index (κ1) is 16.5. The number of carbonyl (C=O) groups excluding carboxylic acids is 1. The highest BCUT2D eigenvalue weighted by Crippen LogP contribution is 2.30. The maximum absolute atomic E-state index is 12.2. The molecule has 0 bridgehead atoms. The SMILES string of the molecule is CC1(C(=O)O)CCN(C(=O)NCc2ccc(N3CCCC3)nc2)C1. The zero-order valence-electron chi connectivity index (χ0n) is 14.0. The smallest absolute Gasteiger partial charge is 0.317 e. The van der Waals surface area contributed by atoms with Crippen LogP contribution in [0.4, 0.5) is 10.6 Å². The Morgan fingerprint density at radius 1 is 1.29 bits per heavy atom. The lowest BCUT2D eigenvalue weighted by atomic mass is 9.90. The van der Waals surface area contributed by atoms with Crippen molar-refractivity contribution in [2.24, 2.45) is 5.41 Å². The van der Waals surface area contributed by atoms with Crippen LogP contribution < -0.4 is 10.2 Å². The lowest BCUT2D eigenvalue weighted by Crippen LogP contribution is -2.40. The maximum atomic E-state index is 12.2. The van der Waals surface area contributed by atoms with E-state index in [9.17, 15) is 14.7 Å². The number of aromatic nitrogens is 1. The molecule has 0 aliphatic carbocycles. The molecule has 24 heavy (non-hydrogen) atoms. The molecule has 2 aliphatic rings. The van der Waals surface area contributed by atoms with Gasteiger partial charge in [0, 0.05) is 38.9 Å². The first-order chi connectivity index (χ1) is 11.5. The number of anilines is 1. The Morgan fingerprint density at radius 2 is 2.04 bits per heavy atom. The molecule has 2 aliphatic heterocycles. The largest absolute Gasteiger partial charge is 0.481 e. The molecule has 3 rings (SSSR count). The first-order valence-corrected chi connectivity index (χ1v) is 8.44. The molecule has 130 valence electrons. The fourth-order valence-electron chi connectivity index (χ4n) is 3.25. The Bertz CT molecular complexity index is 613. The first-order valence-electron chi connectivity index (χ1n) is 8.44. The van der Waals surface area contributed by atoms with E-state index in [-0.39, 0.29) is 12.6 Å². The Hall–Kier alpha value is -2.31. The third kappa shape index (κ3) is 3.44. The van der Waals surface area contributed by atoms with Gasteiger partial charge in [-0.3, -0.25) is 4.79 Å². The van der Waals surface area contributed by atoms with E-state index in [0.717, 1.165) is 24.5 Å². The van der Waals surface area contributed by atoms with Crippen molar-refractivity contribution in [3.63, 3.8) is 0 Å². The minimum absolute atomic E-state index is 0.219. The zero-order chi connectivity index (χ0) is 17.2. The minimum Gasteiger partial charge on any atom is -0.481 e. The summed E-state index contributed by atoms with van der Waals surface area (Å²) in [4.78, 5) is 31.7. The third-order valence-corrected chi connectivity index (χ3v) is 4.96. The van der Waals surface area contributed by atoms with Crippen LogP contribution in [0.15, 0.2) is 18.3 Å². The number of hydrogen-bond donors (Lipinski definition) is 2. The number of urea groups is 1. The summed E-state index contributed by atoms with van der Waals surface area (Å²) in [6.07, 6.45) is 4.70. The molecule has 0 spiro atoms. The molecule has 2 amide bonds. The van der Waals surface area contributed by atoms with Crippen molar-refractivity contribution < 1.29 is 14.7 Å². The predicted molar refractivity (Wildman–Crippen MR) is 89.9 cm³/mol. The summed E-state index contributed by atoms with van der Waals surface area (Å²) in [5, 5.41) is 12.1. The van der Waals surface area contributed by atoms with Gasteiger partial charge in [-0.25, -0.2) is 9.78 Å². The van der Waals surface area contributed by atoms with Gasteiger partial charge in [-0.05, 0) is 37.8 Å². The fourth-order valence-corrected chi connectivity index (χ4v) is 3.25. The summed E-state index contributed by atoms with van der Waals surface area (Å²) >= 11 is 0. The lowest BCUT2D eigenvalue weighted by Gasteiger charge is -2.20. The van der Waals surface area contributed by atoms with Gasteiger partial charge in [0.05, 0.1) is 5.41 Å². The maximum Gasteiger partial charge on any atom is 0.317 e. The van der Waals surface area contributed by atoms with Gasteiger partial charge < -0.3 is 20.2 Å². The van der Waals surface area contributed by atoms with E-state index in [4.69, 9.17) is 0 Å². The molecule has 1 aromatic heterocycles. The van der Waals surface area contributed by atoms with Crippen molar-refractivity contribution in [2.75, 3.05) is 31.1 Å². The van der Waals surface area contributed by atoms with Crippen LogP contribution in [0.1, 0.15) is 31.7 Å². The van der Waals surface area contributed by atoms with E-state index in [0.29, 0.717) is 19.5 Å². The number of amides is 2. The van der Waals surface area contributed by atoms with Gasteiger partial charge >= 0.3 is 12.0 Å². The highest BCUT2D eigenvalue weighted by Gasteiger charge is 2.42. The second-order valence-electron chi connectivity index (χ2n) is 6.91. The summed E-state index contributed by atoms with van der Waals surface area (Å²) < 4.78 is 0. The summed E-state index contributed by atoms with van der Waals surface area (Å²) in [5.74, 6) is 0.138. The molecule has 1 atom stereocenters. The second-order valence-corrected chi connectivity index (χ2v) is 6.91. The van der Waals surface area contributed by atoms with Crippen molar-refractivity contribution in [3.05, 3.63) is 23.9 Å². The summed E-state index contributed by atoms with van der Waals surface area (Å²) in [7, 11) is 0. The molecule has 3 heterocycles. The van der Waals surface area contributed by atoms with Crippen LogP contribution in [0.25, 0.3) is 0 Å². The van der Waals surface area contributed by atoms with E-state index in [2.05, 4.69) is 15.2 Å². The van der Waals surface area contributed by atoms with E-state index in [1.54, 1.807) is 18.0 Å². The highest BCUT2D eigenvalue weighted by molar-refractivity contribution is 5.79. The molecule has 1 aromatic rings. The van der Waals surface area contributed by atoms with Gasteiger partial charge in [0.25, 0.3) is 0 Å². The molecule has 7 heteroatoms. The van der Waals surface area contributed by atoms with Gasteiger partial charge in [-0.1, -0.05) is 6.07 Å².